The van der Waals surface area contributed by atoms with E-state index in [4.69, 9.17) is 16.5 Å². The maximum atomic E-state index is 12.9. The first-order valence-corrected chi connectivity index (χ1v) is 11.0. The molecule has 0 radical (unpaired) electrons. The number of piperazine rings is 1. The lowest BCUT2D eigenvalue weighted by molar-refractivity contribution is -0.211. The Morgan fingerprint density at radius 2 is 1.90 bits per heavy atom. The van der Waals surface area contributed by atoms with Gasteiger partial charge in [0.15, 0.2) is 5.75 Å². The fraction of sp³-hybridized carbons (Fsp3) is 0.350. The van der Waals surface area contributed by atoms with Gasteiger partial charge in [0.05, 0.1) is 4.90 Å². The van der Waals surface area contributed by atoms with Crippen LogP contribution in [0, 0.1) is 0 Å². The van der Waals surface area contributed by atoms with Gasteiger partial charge in [-0.3, -0.25) is 14.7 Å². The highest BCUT2D eigenvalue weighted by Gasteiger charge is 2.33. The van der Waals surface area contributed by atoms with Crippen LogP contribution in [0.5, 0.6) is 5.75 Å². The zero-order chi connectivity index (χ0) is 21.0. The van der Waals surface area contributed by atoms with Crippen molar-refractivity contribution in [3.05, 3.63) is 59.1 Å². The van der Waals surface area contributed by atoms with Gasteiger partial charge >= 0.3 is 5.97 Å². The second kappa shape index (κ2) is 9.13. The molecule has 1 saturated heterocycles. The van der Waals surface area contributed by atoms with Crippen molar-refractivity contribution >= 4 is 27.6 Å². The van der Waals surface area contributed by atoms with Gasteiger partial charge in [-0.05, 0) is 37.3 Å². The molecule has 1 atom stereocenters. The van der Waals surface area contributed by atoms with Gasteiger partial charge in [-0.2, -0.15) is 4.31 Å². The largest absolute Gasteiger partial charge is 0.352 e. The maximum Gasteiger partial charge on any atom is 0.352 e. The lowest BCUT2D eigenvalue weighted by atomic mass is 10.1. The lowest BCUT2D eigenvalue weighted by Crippen LogP contribution is -2.53. The molecule has 1 unspecified atom stereocenters. The molecule has 2 aromatic carbocycles. The molecule has 3 rings (SSSR count). The summed E-state index contributed by atoms with van der Waals surface area (Å²) in [7, 11) is -3.54. The van der Waals surface area contributed by atoms with Gasteiger partial charge in [-0.25, -0.2) is 13.2 Å². The van der Waals surface area contributed by atoms with Crippen molar-refractivity contribution < 1.29 is 23.0 Å². The minimum absolute atomic E-state index is 0.203. The van der Waals surface area contributed by atoms with Gasteiger partial charge in [0.1, 0.15) is 0 Å². The first kappa shape index (κ1) is 21.6. The van der Waals surface area contributed by atoms with Crippen molar-refractivity contribution in [2.45, 2.75) is 31.3 Å². The van der Waals surface area contributed by atoms with Crippen molar-refractivity contribution in [1.29, 1.82) is 0 Å². The number of carbonyl (C=O) groups is 1. The standard InChI is InChI=1S/C20H23ClN2O5S/c1-15-13-22(10-11-23(15)29(25,26)19-6-4-3-5-7-19)14-17-12-18(21)8-9-20(17)28-27-16(2)24/h3-9,12,15H,10-11,13-14H2,1-2H3. The molecule has 0 aliphatic carbocycles. The molecule has 29 heavy (non-hydrogen) atoms. The average Bonchev–Trinajstić information content (AvgIpc) is 2.68. The van der Waals surface area contributed by atoms with Crippen molar-refractivity contribution in [2.75, 3.05) is 19.6 Å². The van der Waals surface area contributed by atoms with E-state index in [1.54, 1.807) is 48.5 Å². The number of nitrogens with zero attached hydrogens (tertiary/aromatic N) is 2. The summed E-state index contributed by atoms with van der Waals surface area (Å²) < 4.78 is 27.4. The van der Waals surface area contributed by atoms with Crippen LogP contribution in [0.2, 0.25) is 5.02 Å². The minimum atomic E-state index is -3.54. The van der Waals surface area contributed by atoms with E-state index in [1.165, 1.54) is 11.2 Å². The van der Waals surface area contributed by atoms with Crippen LogP contribution in [-0.4, -0.2) is 49.3 Å². The molecule has 0 saturated carbocycles. The number of hydrogen-bond acceptors (Lipinski definition) is 6. The van der Waals surface area contributed by atoms with E-state index >= 15 is 0 Å². The van der Waals surface area contributed by atoms with Crippen molar-refractivity contribution in [3.63, 3.8) is 0 Å². The molecule has 1 aliphatic rings. The second-order valence-electron chi connectivity index (χ2n) is 6.92. The summed E-state index contributed by atoms with van der Waals surface area (Å²) in [6.07, 6.45) is 0. The predicted molar refractivity (Wildman–Crippen MR) is 109 cm³/mol. The SMILES string of the molecule is CC(=O)OOc1ccc(Cl)cc1CN1CCN(S(=O)(=O)c2ccccc2)C(C)C1. The van der Waals surface area contributed by atoms with Crippen molar-refractivity contribution in [3.8, 4) is 5.75 Å². The van der Waals surface area contributed by atoms with Gasteiger partial charge in [-0.1, -0.05) is 29.8 Å². The molecule has 0 bridgehead atoms. The first-order valence-electron chi connectivity index (χ1n) is 9.20. The predicted octanol–water partition coefficient (Wildman–Crippen LogP) is 3.09. The summed E-state index contributed by atoms with van der Waals surface area (Å²) >= 11 is 6.11. The molecule has 0 N–H and O–H groups in total. The summed E-state index contributed by atoms with van der Waals surface area (Å²) in [6.45, 7) is 5.10. The van der Waals surface area contributed by atoms with Crippen LogP contribution < -0.4 is 4.89 Å². The third kappa shape index (κ3) is 5.27. The van der Waals surface area contributed by atoms with E-state index in [0.717, 1.165) is 5.56 Å². The number of sulfonamides is 1. The number of halogens is 1. The quantitative estimate of drug-likeness (QED) is 0.509. The summed E-state index contributed by atoms with van der Waals surface area (Å²) in [5.41, 5.74) is 0.755. The van der Waals surface area contributed by atoms with Crippen LogP contribution in [0.15, 0.2) is 53.4 Å². The van der Waals surface area contributed by atoms with Crippen LogP contribution in [0.25, 0.3) is 0 Å². The first-order chi connectivity index (χ1) is 13.8. The fourth-order valence-corrected chi connectivity index (χ4v) is 5.17. The van der Waals surface area contributed by atoms with Crippen LogP contribution in [-0.2, 0) is 26.3 Å². The molecule has 7 nitrogen and oxygen atoms in total. The minimum Gasteiger partial charge on any atom is -0.296 e. The Balaban J connectivity index is 1.71. The molecule has 2 aromatic rings. The third-order valence-electron chi connectivity index (χ3n) is 4.67. The molecule has 1 fully saturated rings. The molecule has 1 aliphatic heterocycles. The van der Waals surface area contributed by atoms with E-state index in [1.807, 2.05) is 6.92 Å². The molecule has 1 heterocycles. The van der Waals surface area contributed by atoms with Crippen LogP contribution in [0.4, 0.5) is 0 Å². The second-order valence-corrected chi connectivity index (χ2v) is 9.25. The van der Waals surface area contributed by atoms with E-state index in [2.05, 4.69) is 9.79 Å². The smallest absolute Gasteiger partial charge is 0.296 e. The molecule has 0 spiro atoms. The topological polar surface area (TPSA) is 76.2 Å². The van der Waals surface area contributed by atoms with Crippen molar-refractivity contribution in [2.24, 2.45) is 0 Å². The molecular formula is C20H23ClN2O5S. The van der Waals surface area contributed by atoms with Crippen LogP contribution in [0.3, 0.4) is 0 Å². The van der Waals surface area contributed by atoms with Crippen LogP contribution in [0.1, 0.15) is 19.4 Å². The Kier molecular flexibility index (Phi) is 6.79. The number of hydrogen-bond donors (Lipinski definition) is 0. The van der Waals surface area contributed by atoms with Gasteiger partial charge in [-0.15, -0.1) is 0 Å². The summed E-state index contributed by atoms with van der Waals surface area (Å²) in [5, 5.41) is 0.536. The Morgan fingerprint density at radius 3 is 2.55 bits per heavy atom. The molecule has 0 aromatic heterocycles. The van der Waals surface area contributed by atoms with Gasteiger partial charge in [0, 0.05) is 49.7 Å². The third-order valence-corrected chi connectivity index (χ3v) is 6.93. The Morgan fingerprint density at radius 1 is 1.17 bits per heavy atom. The van der Waals surface area contributed by atoms with Gasteiger partial charge < -0.3 is 0 Å². The Labute approximate surface area is 175 Å². The zero-order valence-electron chi connectivity index (χ0n) is 16.2. The van der Waals surface area contributed by atoms with E-state index in [9.17, 15) is 13.2 Å². The lowest BCUT2D eigenvalue weighted by Gasteiger charge is -2.39. The summed E-state index contributed by atoms with van der Waals surface area (Å²) in [6, 6.07) is 13.3. The van der Waals surface area contributed by atoms with E-state index in [-0.39, 0.29) is 6.04 Å². The van der Waals surface area contributed by atoms with Gasteiger partial charge in [0.2, 0.25) is 10.0 Å². The highest BCUT2D eigenvalue weighted by Crippen LogP contribution is 2.27. The highest BCUT2D eigenvalue weighted by atomic mass is 35.5. The number of benzene rings is 2. The maximum absolute atomic E-state index is 12.9. The van der Waals surface area contributed by atoms with Gasteiger partial charge in [0.25, 0.3) is 0 Å². The van der Waals surface area contributed by atoms with E-state index in [0.29, 0.717) is 41.8 Å². The molecular weight excluding hydrogens is 416 g/mol. The zero-order valence-corrected chi connectivity index (χ0v) is 17.8. The Bertz CT molecular complexity index is 968. The Hall–Kier alpha value is -2.13. The molecule has 156 valence electrons. The fourth-order valence-electron chi connectivity index (χ4n) is 3.34. The monoisotopic (exact) mass is 438 g/mol. The highest BCUT2D eigenvalue weighted by molar-refractivity contribution is 7.89. The summed E-state index contributed by atoms with van der Waals surface area (Å²) in [4.78, 5) is 23.2. The number of carbonyl (C=O) groups excluding carboxylic acids is 1. The normalized spacial score (nSPS) is 18.4. The molecule has 9 heteroatoms. The van der Waals surface area contributed by atoms with E-state index < -0.39 is 16.0 Å². The average molecular weight is 439 g/mol. The van der Waals surface area contributed by atoms with Crippen LogP contribution >= 0.6 is 11.6 Å². The molecule has 0 amide bonds. The number of rotatable bonds is 6. The van der Waals surface area contributed by atoms with Crippen molar-refractivity contribution in [1.82, 2.24) is 9.21 Å². The summed E-state index contributed by atoms with van der Waals surface area (Å²) in [5.74, 6) is -0.157.